The first-order valence-corrected chi connectivity index (χ1v) is 5.36. The molecule has 0 radical (unpaired) electrons. The third kappa shape index (κ3) is 2.32. The summed E-state index contributed by atoms with van der Waals surface area (Å²) < 4.78 is 1.59. The van der Waals surface area contributed by atoms with Gasteiger partial charge in [-0.2, -0.15) is 0 Å². The maximum absolute atomic E-state index is 9.80. The highest BCUT2D eigenvalue weighted by Gasteiger charge is 2.13. The van der Waals surface area contributed by atoms with Gasteiger partial charge in [0.15, 0.2) is 5.82 Å². The lowest BCUT2D eigenvalue weighted by Crippen LogP contribution is -2.24. The van der Waals surface area contributed by atoms with E-state index in [0.29, 0.717) is 5.82 Å². The largest absolute Gasteiger partial charge is 0.387 e. The van der Waals surface area contributed by atoms with E-state index in [2.05, 4.69) is 15.5 Å². The number of tetrazole rings is 1. The fourth-order valence-corrected chi connectivity index (χ4v) is 1.61. The van der Waals surface area contributed by atoms with Crippen molar-refractivity contribution in [2.45, 2.75) is 19.1 Å². The molecule has 2 rings (SSSR count). The fourth-order valence-electron chi connectivity index (χ4n) is 1.61. The van der Waals surface area contributed by atoms with Crippen molar-refractivity contribution in [2.24, 2.45) is 12.8 Å². The molecule has 0 aliphatic rings. The minimum absolute atomic E-state index is 0.294. The Morgan fingerprint density at radius 1 is 1.29 bits per heavy atom. The molecule has 1 aromatic carbocycles. The first-order valence-electron chi connectivity index (χ1n) is 5.36. The van der Waals surface area contributed by atoms with Crippen molar-refractivity contribution >= 4 is 0 Å². The van der Waals surface area contributed by atoms with Crippen LogP contribution in [0.4, 0.5) is 0 Å². The van der Waals surface area contributed by atoms with E-state index in [4.69, 9.17) is 5.73 Å². The Balaban J connectivity index is 2.28. The number of aliphatic hydroxyl groups excluding tert-OH is 1. The van der Waals surface area contributed by atoms with Gasteiger partial charge < -0.3 is 10.8 Å². The smallest absolute Gasteiger partial charge is 0.181 e. The van der Waals surface area contributed by atoms with Crippen molar-refractivity contribution in [1.29, 1.82) is 0 Å². The second-order valence-corrected chi connectivity index (χ2v) is 4.05. The van der Waals surface area contributed by atoms with Gasteiger partial charge in [-0.1, -0.05) is 24.3 Å². The van der Waals surface area contributed by atoms with Crippen LogP contribution in [0, 0.1) is 0 Å². The molecule has 0 aliphatic carbocycles. The van der Waals surface area contributed by atoms with Gasteiger partial charge in [0.2, 0.25) is 0 Å². The van der Waals surface area contributed by atoms with Gasteiger partial charge in [0.25, 0.3) is 0 Å². The maximum Gasteiger partial charge on any atom is 0.181 e. The lowest BCUT2D eigenvalue weighted by atomic mass is 10.0. The zero-order chi connectivity index (χ0) is 12.4. The Hall–Kier alpha value is -1.79. The summed E-state index contributed by atoms with van der Waals surface area (Å²) in [6, 6.07) is 7.10. The number of benzene rings is 1. The molecule has 17 heavy (non-hydrogen) atoms. The number of nitrogens with zero attached hydrogens (tertiary/aromatic N) is 4. The summed E-state index contributed by atoms with van der Waals surface area (Å²) in [4.78, 5) is 0. The normalized spacial score (nSPS) is 14.6. The molecular weight excluding hydrogens is 218 g/mol. The number of rotatable bonds is 3. The Morgan fingerprint density at radius 3 is 2.41 bits per heavy atom. The van der Waals surface area contributed by atoms with Gasteiger partial charge in [-0.05, 0) is 22.9 Å². The second kappa shape index (κ2) is 4.60. The second-order valence-electron chi connectivity index (χ2n) is 4.05. The summed E-state index contributed by atoms with van der Waals surface area (Å²) >= 11 is 0. The topological polar surface area (TPSA) is 89.8 Å². The fraction of sp³-hybridized carbons (Fsp3) is 0.364. The zero-order valence-corrected chi connectivity index (χ0v) is 9.78. The molecule has 1 aromatic heterocycles. The van der Waals surface area contributed by atoms with Crippen LogP contribution in [0.1, 0.15) is 18.6 Å². The lowest BCUT2D eigenvalue weighted by molar-refractivity contribution is 0.153. The SMILES string of the molecule is CC(N)C(O)c1ccc(-c2nnnn2C)cc1. The molecule has 2 unspecified atom stereocenters. The zero-order valence-electron chi connectivity index (χ0n) is 9.78. The Morgan fingerprint density at radius 2 is 1.94 bits per heavy atom. The van der Waals surface area contributed by atoms with Crippen LogP contribution in [0.3, 0.4) is 0 Å². The van der Waals surface area contributed by atoms with Gasteiger partial charge in [0.1, 0.15) is 0 Å². The molecule has 0 fully saturated rings. The van der Waals surface area contributed by atoms with E-state index in [9.17, 15) is 5.11 Å². The minimum Gasteiger partial charge on any atom is -0.387 e. The third-order valence-electron chi connectivity index (χ3n) is 2.63. The van der Waals surface area contributed by atoms with Crippen LogP contribution in [0.2, 0.25) is 0 Å². The van der Waals surface area contributed by atoms with Gasteiger partial charge in [0, 0.05) is 18.7 Å². The predicted octanol–water partition coefficient (Wildman–Crippen LogP) is 0.258. The predicted molar refractivity (Wildman–Crippen MR) is 62.8 cm³/mol. The number of aryl methyl sites for hydroxylation is 1. The van der Waals surface area contributed by atoms with Gasteiger partial charge in [-0.25, -0.2) is 4.68 Å². The van der Waals surface area contributed by atoms with Crippen LogP contribution in [0.5, 0.6) is 0 Å². The quantitative estimate of drug-likeness (QED) is 0.793. The third-order valence-corrected chi connectivity index (χ3v) is 2.63. The summed E-state index contributed by atoms with van der Waals surface area (Å²) in [5, 5.41) is 21.1. The summed E-state index contributed by atoms with van der Waals surface area (Å²) in [6.45, 7) is 1.77. The van der Waals surface area contributed by atoms with Crippen LogP contribution in [0.25, 0.3) is 11.4 Å². The Bertz CT molecular complexity index is 491. The van der Waals surface area contributed by atoms with Crippen molar-refractivity contribution in [3.63, 3.8) is 0 Å². The molecule has 0 saturated carbocycles. The molecule has 0 bridgehead atoms. The average Bonchev–Trinajstić information content (AvgIpc) is 2.74. The molecule has 2 aromatic rings. The van der Waals surface area contributed by atoms with Crippen molar-refractivity contribution in [2.75, 3.05) is 0 Å². The number of aliphatic hydroxyl groups is 1. The molecule has 90 valence electrons. The number of hydrogen-bond donors (Lipinski definition) is 2. The molecule has 0 saturated heterocycles. The van der Waals surface area contributed by atoms with Gasteiger partial charge in [-0.15, -0.1) is 5.10 Å². The van der Waals surface area contributed by atoms with Gasteiger partial charge >= 0.3 is 0 Å². The lowest BCUT2D eigenvalue weighted by Gasteiger charge is -2.14. The van der Waals surface area contributed by atoms with Crippen molar-refractivity contribution in [3.8, 4) is 11.4 Å². The highest BCUT2D eigenvalue weighted by atomic mass is 16.3. The first-order chi connectivity index (χ1) is 8.09. The van der Waals surface area contributed by atoms with E-state index in [-0.39, 0.29) is 6.04 Å². The monoisotopic (exact) mass is 233 g/mol. The molecule has 2 atom stereocenters. The number of aromatic nitrogens is 4. The van der Waals surface area contributed by atoms with E-state index in [1.807, 2.05) is 24.3 Å². The number of hydrogen-bond acceptors (Lipinski definition) is 5. The minimum atomic E-state index is -0.651. The van der Waals surface area contributed by atoms with Crippen LogP contribution >= 0.6 is 0 Å². The van der Waals surface area contributed by atoms with Crippen molar-refractivity contribution in [3.05, 3.63) is 29.8 Å². The molecular formula is C11H15N5O. The highest BCUT2D eigenvalue weighted by molar-refractivity contribution is 5.54. The molecule has 3 N–H and O–H groups in total. The maximum atomic E-state index is 9.80. The van der Waals surface area contributed by atoms with E-state index in [1.54, 1.807) is 18.7 Å². The highest BCUT2D eigenvalue weighted by Crippen LogP contribution is 2.20. The van der Waals surface area contributed by atoms with E-state index >= 15 is 0 Å². The van der Waals surface area contributed by atoms with Gasteiger partial charge in [-0.3, -0.25) is 0 Å². The Labute approximate surface area is 99.1 Å². The van der Waals surface area contributed by atoms with Crippen molar-refractivity contribution in [1.82, 2.24) is 20.2 Å². The van der Waals surface area contributed by atoms with Crippen LogP contribution in [0.15, 0.2) is 24.3 Å². The van der Waals surface area contributed by atoms with E-state index in [0.717, 1.165) is 11.1 Å². The first kappa shape index (κ1) is 11.7. The van der Waals surface area contributed by atoms with Crippen LogP contribution in [-0.2, 0) is 7.05 Å². The van der Waals surface area contributed by atoms with Crippen LogP contribution < -0.4 is 5.73 Å². The summed E-state index contributed by atoms with van der Waals surface area (Å²) in [7, 11) is 1.78. The molecule has 0 spiro atoms. The molecule has 6 heteroatoms. The standard InChI is InChI=1S/C11H15N5O/c1-7(12)10(17)8-3-5-9(6-4-8)11-13-14-15-16(11)2/h3-7,10,17H,12H2,1-2H3. The molecule has 0 amide bonds. The van der Waals surface area contributed by atoms with Crippen LogP contribution in [-0.4, -0.2) is 31.4 Å². The van der Waals surface area contributed by atoms with E-state index in [1.165, 1.54) is 0 Å². The van der Waals surface area contributed by atoms with Gasteiger partial charge in [0.05, 0.1) is 6.10 Å². The van der Waals surface area contributed by atoms with E-state index < -0.39 is 6.10 Å². The summed E-state index contributed by atoms with van der Waals surface area (Å²) in [6.07, 6.45) is -0.651. The summed E-state index contributed by atoms with van der Waals surface area (Å²) in [5.41, 5.74) is 7.33. The Kier molecular flexibility index (Phi) is 3.16. The molecule has 6 nitrogen and oxygen atoms in total. The van der Waals surface area contributed by atoms with Crippen molar-refractivity contribution < 1.29 is 5.11 Å². The average molecular weight is 233 g/mol. The molecule has 0 aliphatic heterocycles. The summed E-state index contributed by atoms with van der Waals surface area (Å²) in [5.74, 6) is 0.687. The number of nitrogens with two attached hydrogens (primary N) is 1. The molecule has 1 heterocycles.